The second-order valence-corrected chi connectivity index (χ2v) is 16.8. The van der Waals surface area contributed by atoms with Crippen LogP contribution in [0.3, 0.4) is 0 Å². The van der Waals surface area contributed by atoms with Gasteiger partial charge in [0.25, 0.3) is 0 Å². The number of benzene rings is 1. The van der Waals surface area contributed by atoms with Gasteiger partial charge in [-0.2, -0.15) is 0 Å². The minimum atomic E-state index is -1.03. The van der Waals surface area contributed by atoms with E-state index in [1.807, 2.05) is 34.6 Å². The Kier molecular flexibility index (Phi) is 6.28. The van der Waals surface area contributed by atoms with Crippen molar-refractivity contribution in [2.24, 2.45) is 45.8 Å². The third-order valence-electron chi connectivity index (χ3n) is 13.2. The average Bonchev–Trinajstić information content (AvgIpc) is 3.48. The molecule has 1 heterocycles. The third-order valence-corrected chi connectivity index (χ3v) is 15.8. The van der Waals surface area contributed by atoms with E-state index in [2.05, 4.69) is 43.4 Å². The fraction of sp³-hybridized carbons (Fsp3) is 0.750. The number of fused-ring (bicyclic) bond motifs is 5. The van der Waals surface area contributed by atoms with Crippen LogP contribution in [-0.2, 0) is 11.2 Å². The molecule has 1 aromatic rings. The van der Waals surface area contributed by atoms with Crippen LogP contribution >= 0.6 is 21.6 Å². The fourth-order valence-electron chi connectivity index (χ4n) is 11.4. The molecule has 6 aliphatic rings. The van der Waals surface area contributed by atoms with E-state index in [1.165, 1.54) is 31.2 Å². The van der Waals surface area contributed by atoms with Crippen molar-refractivity contribution >= 4 is 27.3 Å². The normalized spacial score (nSPS) is 50.9. The van der Waals surface area contributed by atoms with Crippen LogP contribution in [-0.4, -0.2) is 57.8 Å². The molecule has 0 amide bonds. The molecule has 39 heavy (non-hydrogen) atoms. The molecule has 7 heteroatoms. The quantitative estimate of drug-likeness (QED) is 0.321. The van der Waals surface area contributed by atoms with Crippen molar-refractivity contribution in [3.05, 3.63) is 41.7 Å². The molecule has 6 bridgehead atoms. The summed E-state index contributed by atoms with van der Waals surface area (Å²) < 4.78 is 5.89. The van der Waals surface area contributed by atoms with Crippen LogP contribution in [0.5, 0.6) is 0 Å². The summed E-state index contributed by atoms with van der Waals surface area (Å²) in [5.74, 6) is 4.16. The first-order chi connectivity index (χ1) is 18.6. The van der Waals surface area contributed by atoms with Crippen LogP contribution in [0.25, 0.3) is 0 Å². The lowest BCUT2D eigenvalue weighted by Crippen LogP contribution is -2.64. The Morgan fingerprint density at radius 3 is 2.64 bits per heavy atom. The van der Waals surface area contributed by atoms with Crippen LogP contribution in [0.15, 0.2) is 36.1 Å². The van der Waals surface area contributed by atoms with Gasteiger partial charge in [0.2, 0.25) is 0 Å². The number of ether oxygens (including phenoxy) is 1. The Labute approximate surface area is 241 Å². The molecule has 1 aromatic carbocycles. The molecule has 5 nitrogen and oxygen atoms in total. The van der Waals surface area contributed by atoms with Crippen molar-refractivity contribution in [1.82, 2.24) is 0 Å². The van der Waals surface area contributed by atoms with Crippen LogP contribution in [0.1, 0.15) is 58.4 Å². The summed E-state index contributed by atoms with van der Waals surface area (Å²) in [5, 5.41) is 37.8. The van der Waals surface area contributed by atoms with Gasteiger partial charge in [0.05, 0.1) is 23.8 Å². The van der Waals surface area contributed by atoms with E-state index in [9.17, 15) is 15.3 Å². The number of anilines is 1. The zero-order valence-corrected chi connectivity index (χ0v) is 25.4. The molecular weight excluding hydrogens is 526 g/mol. The summed E-state index contributed by atoms with van der Waals surface area (Å²) in [5.41, 5.74) is 1.29. The Morgan fingerprint density at radius 1 is 1.10 bits per heavy atom. The summed E-state index contributed by atoms with van der Waals surface area (Å²) >= 11 is 0. The second-order valence-electron chi connectivity index (χ2n) is 14.2. The van der Waals surface area contributed by atoms with E-state index in [0.717, 1.165) is 30.0 Å². The molecule has 1 spiro atoms. The van der Waals surface area contributed by atoms with E-state index < -0.39 is 17.8 Å². The third kappa shape index (κ3) is 3.34. The smallest absolute Gasteiger partial charge is 0.111 e. The SMILES string of the molecule is COC1C=C(O)C2C3CC4CCC5(CC6CSSCC(C(C)O)Nc7cccc(c7)CC6C5)C3(C)C4(C)C12O. The predicted molar refractivity (Wildman–Crippen MR) is 160 cm³/mol. The number of methoxy groups -OCH3 is 1. The summed E-state index contributed by atoms with van der Waals surface area (Å²) in [6, 6.07) is 8.89. The Balaban J connectivity index is 1.26. The van der Waals surface area contributed by atoms with Crippen molar-refractivity contribution in [3.63, 3.8) is 0 Å². The number of aliphatic hydroxyl groups excluding tert-OH is 2. The van der Waals surface area contributed by atoms with E-state index in [-0.39, 0.29) is 28.2 Å². The highest BCUT2D eigenvalue weighted by Gasteiger charge is 2.87. The van der Waals surface area contributed by atoms with Crippen LogP contribution in [0.2, 0.25) is 0 Å². The first-order valence-electron chi connectivity index (χ1n) is 15.0. The monoisotopic (exact) mass is 571 g/mol. The van der Waals surface area contributed by atoms with Gasteiger partial charge >= 0.3 is 0 Å². The van der Waals surface area contributed by atoms with Gasteiger partial charge in [0.1, 0.15) is 11.7 Å². The lowest BCUT2D eigenvalue weighted by Gasteiger charge is -2.61. The largest absolute Gasteiger partial charge is 0.512 e. The molecular formula is C32H45NO4S2. The standard InChI is InChI=1S/C32H45NO4S2/c1-18(34)25-17-39-38-16-21-15-31(14-20(21)10-19-6-5-7-23(11-19)33-25)9-8-22-12-24-28-26(35)13-27(37-4)32(28,36)29(22,2)30(24,31)3/h5-7,11,13,18,20-22,24-25,27-28,33-36H,8-10,12,14-17H2,1-4H3. The number of hydrogen-bond donors (Lipinski definition) is 4. The van der Waals surface area contributed by atoms with Gasteiger partial charge in [0, 0.05) is 29.7 Å². The maximum atomic E-state index is 12.6. The summed E-state index contributed by atoms with van der Waals surface area (Å²) in [6.07, 6.45) is 7.98. The molecule has 4 N–H and O–H groups in total. The summed E-state index contributed by atoms with van der Waals surface area (Å²) in [7, 11) is 5.57. The van der Waals surface area contributed by atoms with Crippen molar-refractivity contribution in [2.45, 2.75) is 83.1 Å². The van der Waals surface area contributed by atoms with E-state index in [0.29, 0.717) is 29.4 Å². The van der Waals surface area contributed by atoms with Gasteiger partial charge in [-0.3, -0.25) is 0 Å². The molecule has 4 saturated carbocycles. The number of nitrogens with one attached hydrogen (secondary N) is 1. The van der Waals surface area contributed by atoms with Crippen molar-refractivity contribution in [3.8, 4) is 0 Å². The second kappa shape index (κ2) is 9.07. The van der Waals surface area contributed by atoms with Crippen LogP contribution < -0.4 is 5.32 Å². The topological polar surface area (TPSA) is 82.0 Å². The lowest BCUT2D eigenvalue weighted by atomic mass is 9.44. The Hall–Kier alpha value is -0.860. The van der Waals surface area contributed by atoms with Gasteiger partial charge in [-0.05, 0) is 104 Å². The van der Waals surface area contributed by atoms with Gasteiger partial charge in [0.15, 0.2) is 0 Å². The van der Waals surface area contributed by atoms with E-state index in [4.69, 9.17) is 4.74 Å². The number of hydrogen-bond acceptors (Lipinski definition) is 7. The summed E-state index contributed by atoms with van der Waals surface area (Å²) in [4.78, 5) is 0. The minimum absolute atomic E-state index is 0.0285. The zero-order valence-electron chi connectivity index (χ0n) is 23.7. The van der Waals surface area contributed by atoms with Gasteiger partial charge in [-0.1, -0.05) is 47.6 Å². The van der Waals surface area contributed by atoms with Crippen molar-refractivity contribution in [2.75, 3.05) is 23.9 Å². The first kappa shape index (κ1) is 27.0. The zero-order chi connectivity index (χ0) is 27.4. The molecule has 4 fully saturated rings. The number of rotatable bonds is 2. The highest BCUT2D eigenvalue weighted by Crippen LogP contribution is 2.87. The molecule has 12 unspecified atom stereocenters. The van der Waals surface area contributed by atoms with Crippen molar-refractivity contribution < 1.29 is 20.1 Å². The van der Waals surface area contributed by atoms with Crippen molar-refractivity contribution in [1.29, 1.82) is 0 Å². The maximum Gasteiger partial charge on any atom is 0.111 e. The number of aliphatic hydroxyl groups is 3. The Bertz CT molecular complexity index is 1180. The average molecular weight is 572 g/mol. The highest BCUT2D eigenvalue weighted by molar-refractivity contribution is 8.76. The molecule has 0 aromatic heterocycles. The van der Waals surface area contributed by atoms with E-state index in [1.54, 1.807) is 7.11 Å². The fourth-order valence-corrected chi connectivity index (χ4v) is 14.2. The molecule has 0 saturated heterocycles. The Morgan fingerprint density at radius 2 is 1.87 bits per heavy atom. The molecule has 0 radical (unpaired) electrons. The van der Waals surface area contributed by atoms with Gasteiger partial charge < -0.3 is 25.4 Å². The van der Waals surface area contributed by atoms with Gasteiger partial charge in [-0.25, -0.2) is 0 Å². The lowest BCUT2D eigenvalue weighted by molar-refractivity contribution is -0.218. The highest BCUT2D eigenvalue weighted by atomic mass is 33.1. The van der Waals surface area contributed by atoms with E-state index >= 15 is 0 Å². The first-order valence-corrected chi connectivity index (χ1v) is 17.5. The predicted octanol–water partition coefficient (Wildman–Crippen LogP) is 6.07. The molecule has 7 rings (SSSR count). The summed E-state index contributed by atoms with van der Waals surface area (Å²) in [6.45, 7) is 6.77. The van der Waals surface area contributed by atoms with Crippen LogP contribution in [0.4, 0.5) is 5.69 Å². The van der Waals surface area contributed by atoms with Gasteiger partial charge in [-0.15, -0.1) is 0 Å². The molecule has 214 valence electrons. The molecule has 5 aliphatic carbocycles. The molecule has 12 atom stereocenters. The van der Waals surface area contributed by atoms with Crippen LogP contribution in [0, 0.1) is 45.8 Å². The maximum absolute atomic E-state index is 12.6. The molecule has 1 aliphatic heterocycles. The minimum Gasteiger partial charge on any atom is -0.512 e.